The number of rotatable bonds is 6. The predicted octanol–water partition coefficient (Wildman–Crippen LogP) is 0.650. The van der Waals surface area contributed by atoms with E-state index in [4.69, 9.17) is 5.11 Å². The number of carbonyl (C=O) groups excluding carboxylic acids is 1. The fraction of sp³-hybridized carbons (Fsp3) is 0.400. The van der Waals surface area contributed by atoms with Gasteiger partial charge in [-0.25, -0.2) is 0 Å². The Hall–Kier alpha value is -1.62. The Labute approximate surface area is 87.5 Å². The van der Waals surface area contributed by atoms with Gasteiger partial charge in [0.2, 0.25) is 0 Å². The van der Waals surface area contributed by atoms with Crippen LogP contribution in [0, 0.1) is 0 Å². The van der Waals surface area contributed by atoms with Gasteiger partial charge in [-0.3, -0.25) is 9.59 Å². The van der Waals surface area contributed by atoms with Crippen LogP contribution in [0.15, 0.2) is 18.5 Å². The second-order valence-corrected chi connectivity index (χ2v) is 3.28. The Morgan fingerprint density at radius 1 is 1.60 bits per heavy atom. The van der Waals surface area contributed by atoms with Crippen molar-refractivity contribution in [3.63, 3.8) is 0 Å². The monoisotopic (exact) mass is 210 g/mol. The van der Waals surface area contributed by atoms with Gasteiger partial charge >= 0.3 is 5.97 Å². The lowest BCUT2D eigenvalue weighted by Crippen LogP contribution is -2.35. The lowest BCUT2D eigenvalue weighted by molar-refractivity contribution is -0.136. The van der Waals surface area contributed by atoms with Crippen molar-refractivity contribution in [1.82, 2.24) is 10.3 Å². The van der Waals surface area contributed by atoms with Crippen LogP contribution in [0.5, 0.6) is 0 Å². The number of nitrogens with one attached hydrogen (secondary N) is 2. The number of carbonyl (C=O) groups is 2. The molecule has 0 aromatic carbocycles. The van der Waals surface area contributed by atoms with Gasteiger partial charge in [-0.2, -0.15) is 0 Å². The van der Waals surface area contributed by atoms with Gasteiger partial charge in [-0.15, -0.1) is 0 Å². The van der Waals surface area contributed by atoms with Crippen molar-refractivity contribution < 1.29 is 14.7 Å². The summed E-state index contributed by atoms with van der Waals surface area (Å²) in [5.74, 6) is -0.912. The quantitative estimate of drug-likeness (QED) is 0.602. The lowest BCUT2D eigenvalue weighted by Gasteiger charge is -2.10. The molecule has 82 valence electrons. The van der Waals surface area contributed by atoms with E-state index in [0.717, 1.165) is 0 Å². The maximum Gasteiger partial charge on any atom is 0.304 e. The summed E-state index contributed by atoms with van der Waals surface area (Å²) in [6.45, 7) is 2.02. The zero-order chi connectivity index (χ0) is 11.3. The average Bonchev–Trinajstić information content (AvgIpc) is 2.68. The van der Waals surface area contributed by atoms with Gasteiger partial charge in [0.15, 0.2) is 5.78 Å². The fourth-order valence-corrected chi connectivity index (χ4v) is 1.22. The Kier molecular flexibility index (Phi) is 4.05. The largest absolute Gasteiger partial charge is 0.481 e. The summed E-state index contributed by atoms with van der Waals surface area (Å²) in [6, 6.07) is 1.33. The van der Waals surface area contributed by atoms with E-state index in [1.165, 1.54) is 0 Å². The highest BCUT2D eigenvalue weighted by Gasteiger charge is 2.14. The molecule has 0 radical (unpaired) electrons. The molecule has 0 aliphatic heterocycles. The minimum atomic E-state index is -0.871. The number of H-pyrrole nitrogens is 1. The number of aromatic nitrogens is 1. The number of carboxylic acids is 1. The van der Waals surface area contributed by atoms with Crippen LogP contribution in [0.3, 0.4) is 0 Å². The first kappa shape index (κ1) is 11.5. The van der Waals surface area contributed by atoms with E-state index in [0.29, 0.717) is 12.1 Å². The third-order valence-corrected chi connectivity index (χ3v) is 2.07. The molecule has 1 aromatic rings. The second-order valence-electron chi connectivity index (χ2n) is 3.28. The molecule has 0 amide bonds. The first-order valence-electron chi connectivity index (χ1n) is 4.73. The van der Waals surface area contributed by atoms with Crippen LogP contribution in [-0.4, -0.2) is 34.4 Å². The molecular formula is C10H14N2O3. The highest BCUT2D eigenvalue weighted by molar-refractivity contribution is 5.99. The van der Waals surface area contributed by atoms with Crippen molar-refractivity contribution in [2.45, 2.75) is 19.4 Å². The minimum absolute atomic E-state index is 0.0186. The smallest absolute Gasteiger partial charge is 0.304 e. The van der Waals surface area contributed by atoms with Gasteiger partial charge in [0, 0.05) is 24.5 Å². The van der Waals surface area contributed by atoms with Gasteiger partial charge < -0.3 is 15.4 Å². The van der Waals surface area contributed by atoms with Crippen LogP contribution >= 0.6 is 0 Å². The van der Waals surface area contributed by atoms with Gasteiger partial charge in [0.25, 0.3) is 0 Å². The van der Waals surface area contributed by atoms with Crippen molar-refractivity contribution in [3.8, 4) is 0 Å². The van der Waals surface area contributed by atoms with Gasteiger partial charge in [0.1, 0.15) is 0 Å². The minimum Gasteiger partial charge on any atom is -0.481 e. The van der Waals surface area contributed by atoms with E-state index >= 15 is 0 Å². The standard InChI is InChI=1S/C10H14N2O3/c1-7(12-5-3-9(13)14)10(15)8-2-4-11-6-8/h2,4,6-7,11-12H,3,5H2,1H3,(H,13,14). The zero-order valence-electron chi connectivity index (χ0n) is 8.49. The molecule has 0 aliphatic rings. The zero-order valence-corrected chi connectivity index (χ0v) is 8.49. The molecule has 0 bridgehead atoms. The first-order chi connectivity index (χ1) is 7.11. The number of ketones is 1. The first-order valence-corrected chi connectivity index (χ1v) is 4.73. The SMILES string of the molecule is CC(NCCC(=O)O)C(=O)c1cc[nH]c1. The fourth-order valence-electron chi connectivity index (χ4n) is 1.22. The van der Waals surface area contributed by atoms with Crippen molar-refractivity contribution in [3.05, 3.63) is 24.0 Å². The molecule has 5 nitrogen and oxygen atoms in total. The number of aromatic amines is 1. The molecule has 1 unspecified atom stereocenters. The number of hydrogen-bond acceptors (Lipinski definition) is 3. The van der Waals surface area contributed by atoms with Crippen molar-refractivity contribution in [2.24, 2.45) is 0 Å². The third kappa shape index (κ3) is 3.55. The maximum atomic E-state index is 11.7. The Balaban J connectivity index is 2.37. The summed E-state index contributed by atoms with van der Waals surface area (Å²) < 4.78 is 0. The second kappa shape index (κ2) is 5.31. The van der Waals surface area contributed by atoms with E-state index in [1.807, 2.05) is 0 Å². The van der Waals surface area contributed by atoms with E-state index in [1.54, 1.807) is 25.4 Å². The van der Waals surface area contributed by atoms with Crippen molar-refractivity contribution >= 4 is 11.8 Å². The highest BCUT2D eigenvalue weighted by Crippen LogP contribution is 2.01. The molecule has 5 heteroatoms. The van der Waals surface area contributed by atoms with Crippen LogP contribution in [0.1, 0.15) is 23.7 Å². The highest BCUT2D eigenvalue weighted by atomic mass is 16.4. The maximum absolute atomic E-state index is 11.7. The normalized spacial score (nSPS) is 12.3. The summed E-state index contributed by atoms with van der Waals surface area (Å²) >= 11 is 0. The molecule has 1 aromatic heterocycles. The molecule has 0 saturated carbocycles. The van der Waals surface area contributed by atoms with Gasteiger partial charge in [-0.1, -0.05) is 0 Å². The summed E-state index contributed by atoms with van der Waals surface area (Å²) in [4.78, 5) is 24.7. The molecular weight excluding hydrogens is 196 g/mol. The summed E-state index contributed by atoms with van der Waals surface area (Å²) in [5, 5.41) is 11.3. The molecule has 0 saturated heterocycles. The van der Waals surface area contributed by atoms with Crippen molar-refractivity contribution in [2.75, 3.05) is 6.54 Å². The molecule has 0 fully saturated rings. The number of carboxylic acid groups (broad SMARTS) is 1. The summed E-state index contributed by atoms with van der Waals surface area (Å²) in [6.07, 6.45) is 3.32. The average molecular weight is 210 g/mol. The van der Waals surface area contributed by atoms with Crippen LogP contribution in [0.4, 0.5) is 0 Å². The Morgan fingerprint density at radius 3 is 2.87 bits per heavy atom. The summed E-state index contributed by atoms with van der Waals surface area (Å²) in [5.41, 5.74) is 0.602. The topological polar surface area (TPSA) is 82.2 Å². The lowest BCUT2D eigenvalue weighted by atomic mass is 10.1. The Bertz CT molecular complexity index is 332. The number of aliphatic carboxylic acids is 1. The van der Waals surface area contributed by atoms with Crippen LogP contribution in [-0.2, 0) is 4.79 Å². The van der Waals surface area contributed by atoms with Gasteiger partial charge in [0.05, 0.1) is 12.5 Å². The van der Waals surface area contributed by atoms with E-state index in [2.05, 4.69) is 10.3 Å². The molecule has 0 aliphatic carbocycles. The predicted molar refractivity (Wildman–Crippen MR) is 54.8 cm³/mol. The van der Waals surface area contributed by atoms with E-state index in [9.17, 15) is 9.59 Å². The number of hydrogen-bond donors (Lipinski definition) is 3. The molecule has 1 heterocycles. The number of Topliss-reactive ketones (excluding diaryl/α,β-unsaturated/α-hetero) is 1. The Morgan fingerprint density at radius 2 is 2.33 bits per heavy atom. The van der Waals surface area contributed by atoms with Crippen molar-refractivity contribution in [1.29, 1.82) is 0 Å². The molecule has 1 atom stereocenters. The third-order valence-electron chi connectivity index (χ3n) is 2.07. The van der Waals surface area contributed by atoms with Gasteiger partial charge in [-0.05, 0) is 13.0 Å². The van der Waals surface area contributed by atoms with E-state index in [-0.39, 0.29) is 18.2 Å². The molecule has 1 rings (SSSR count). The molecule has 15 heavy (non-hydrogen) atoms. The van der Waals surface area contributed by atoms with Crippen LogP contribution in [0.2, 0.25) is 0 Å². The van der Waals surface area contributed by atoms with E-state index < -0.39 is 5.97 Å². The summed E-state index contributed by atoms with van der Waals surface area (Å²) in [7, 11) is 0. The molecule has 0 spiro atoms. The van der Waals surface area contributed by atoms with Crippen LogP contribution < -0.4 is 5.32 Å². The molecule has 3 N–H and O–H groups in total. The van der Waals surface area contributed by atoms with Crippen LogP contribution in [0.25, 0.3) is 0 Å².